The lowest BCUT2D eigenvalue weighted by Gasteiger charge is -2.38. The third kappa shape index (κ3) is 34.5. The van der Waals surface area contributed by atoms with Crippen LogP contribution in [0.4, 0.5) is 5.82 Å². The molecule has 1 atom stereocenters. The van der Waals surface area contributed by atoms with Gasteiger partial charge >= 0.3 is 0 Å². The minimum Gasteiger partial charge on any atom is -0.493 e. The van der Waals surface area contributed by atoms with E-state index in [1.165, 1.54) is 5.56 Å². The van der Waals surface area contributed by atoms with Gasteiger partial charge in [-0.1, -0.05) is 187 Å². The third-order valence-corrected chi connectivity index (χ3v) is 16.0. The first-order valence-corrected chi connectivity index (χ1v) is 35.2. The molecule has 1 aliphatic rings. The molecule has 3 N–H and O–H groups in total. The zero-order valence-corrected chi connectivity index (χ0v) is 67.1. The maximum Gasteiger partial charge on any atom is 0.261 e. The number of hydrogen-bond acceptors (Lipinski definition) is 12. The standard InChI is InChI=1S/C21H23ClO3.C19H30O2.C12H22O.C11H24NO2.C10H18O.C9H14N4O/c1-20(2,3)19(24)21(4,5)25-17-12-8-15(9-13-17)18(23)14-6-10-16(22)11-7-14;1-14-9-10-15(2)16(13-14)21-12-8-11-19(6,7)17(20)18(3,4)5;1-6-7-8-9-12(4,5)11(13)10(2)3;1-11(2,3)10(14)7-9(13)8-12(4,5)6;1-5-6-7-8-9(11)10(2,3)4;1-9(2,3)13-5-10-7-6(8(13)14)4-11-12-7/h6-13H,1-5H3;9-10,13H,8,11-12H2,1-7H3;7-8,10H,6,9H2,1-5H3;9,13H,7-8H2,1-6H3;6-7H,5,8H2,1-4H3;4H,5H2,1-3H3,(H2,10,11,12)/q;;;+1;;/b;;8-7-;;7-6-;. The second kappa shape index (κ2) is 39.4. The zero-order chi connectivity index (χ0) is 76.4. The van der Waals surface area contributed by atoms with Crippen LogP contribution in [-0.2, 0) is 24.0 Å². The highest BCUT2D eigenvalue weighted by molar-refractivity contribution is 6.30. The molecule has 4 aromatic rings. The number of nitrogens with one attached hydrogen (secondary N) is 2. The summed E-state index contributed by atoms with van der Waals surface area (Å²) in [6.07, 6.45) is 14.8. The van der Waals surface area contributed by atoms with Crippen LogP contribution >= 0.6 is 11.6 Å². The van der Waals surface area contributed by atoms with Gasteiger partial charge in [0.25, 0.3) is 5.91 Å². The molecule has 5 rings (SSSR count). The zero-order valence-electron chi connectivity index (χ0n) is 66.3. The van der Waals surface area contributed by atoms with Crippen molar-refractivity contribution >= 4 is 58.0 Å². The molecule has 3 aromatic carbocycles. The van der Waals surface area contributed by atoms with Crippen LogP contribution < -0.4 is 14.8 Å². The minimum atomic E-state index is -0.944. The fourth-order valence-electron chi connectivity index (χ4n) is 10.2. The van der Waals surface area contributed by atoms with Gasteiger partial charge in [0.15, 0.2) is 17.2 Å². The van der Waals surface area contributed by atoms with E-state index in [1.807, 2.05) is 179 Å². The molecular weight excluding hydrogens is 1250 g/mol. The number of amides is 1. The van der Waals surface area contributed by atoms with Gasteiger partial charge in [-0.2, -0.15) is 5.10 Å². The lowest BCUT2D eigenvalue weighted by atomic mass is 9.72. The van der Waals surface area contributed by atoms with Crippen LogP contribution in [-0.4, -0.2) is 124 Å². The van der Waals surface area contributed by atoms with Crippen molar-refractivity contribution in [2.45, 2.75) is 249 Å². The van der Waals surface area contributed by atoms with Crippen LogP contribution in [0.15, 0.2) is 97.2 Å². The molecule has 2 heterocycles. The van der Waals surface area contributed by atoms with Gasteiger partial charge in [0.2, 0.25) is 0 Å². The van der Waals surface area contributed by atoms with Crippen molar-refractivity contribution in [2.24, 2.45) is 38.4 Å². The summed E-state index contributed by atoms with van der Waals surface area (Å²) < 4.78 is 12.4. The second-order valence-corrected chi connectivity index (χ2v) is 34.3. The van der Waals surface area contributed by atoms with Crippen molar-refractivity contribution in [3.8, 4) is 11.5 Å². The summed E-state index contributed by atoms with van der Waals surface area (Å²) in [5.41, 5.74) is 1.21. The molecule has 1 unspecified atom stereocenters. The monoisotopic (exact) mass is 1380 g/mol. The van der Waals surface area contributed by atoms with Gasteiger partial charge in [-0.05, 0) is 146 Å². The Morgan fingerprint density at radius 2 is 1.16 bits per heavy atom. The number of hydrogen-bond donors (Lipinski definition) is 3. The number of aliphatic hydroxyl groups is 1. The highest BCUT2D eigenvalue weighted by Crippen LogP contribution is 2.34. The lowest BCUT2D eigenvalue weighted by Crippen LogP contribution is -2.50. The quantitative estimate of drug-likeness (QED) is 0.0275. The molecule has 550 valence electrons. The molecule has 0 spiro atoms. The molecule has 0 fully saturated rings. The van der Waals surface area contributed by atoms with Crippen molar-refractivity contribution in [3.05, 3.63) is 130 Å². The van der Waals surface area contributed by atoms with Gasteiger partial charge in [0.1, 0.15) is 58.7 Å². The fourth-order valence-corrected chi connectivity index (χ4v) is 10.3. The number of Topliss-reactive ketones (excluding diaryl/α,β-unsaturated/α-hetero) is 5. The molecule has 0 bridgehead atoms. The van der Waals surface area contributed by atoms with Crippen molar-refractivity contribution in [1.82, 2.24) is 15.1 Å². The van der Waals surface area contributed by atoms with E-state index in [9.17, 15) is 38.7 Å². The summed E-state index contributed by atoms with van der Waals surface area (Å²) in [6.45, 7) is 54.8. The molecule has 0 saturated heterocycles. The predicted octanol–water partition coefficient (Wildman–Crippen LogP) is 19.1. The number of aromatic nitrogens is 2. The largest absolute Gasteiger partial charge is 0.493 e. The number of carbonyl (C=O) groups excluding carboxylic acids is 7. The van der Waals surface area contributed by atoms with E-state index < -0.39 is 17.1 Å². The maximum absolute atomic E-state index is 12.5. The average molecular weight is 1380 g/mol. The van der Waals surface area contributed by atoms with Crippen molar-refractivity contribution in [1.29, 1.82) is 0 Å². The molecular formula is C82H131ClN5O10+. The number of nitrogens with zero attached hydrogens (tertiary/aromatic N) is 3. The normalized spacial score (nSPS) is 13.3. The van der Waals surface area contributed by atoms with E-state index in [1.54, 1.807) is 73.5 Å². The number of allylic oxidation sites excluding steroid dienone is 4. The summed E-state index contributed by atoms with van der Waals surface area (Å²) in [5, 5.41) is 20.0. The van der Waals surface area contributed by atoms with Gasteiger partial charge in [0, 0.05) is 72.9 Å². The lowest BCUT2D eigenvalue weighted by molar-refractivity contribution is -0.873. The van der Waals surface area contributed by atoms with E-state index >= 15 is 0 Å². The number of H-pyrrole nitrogens is 1. The van der Waals surface area contributed by atoms with Gasteiger partial charge in [0.05, 0.1) is 40.6 Å². The van der Waals surface area contributed by atoms with E-state index in [0.29, 0.717) is 75.5 Å². The summed E-state index contributed by atoms with van der Waals surface area (Å²) in [6, 6.07) is 19.8. The first-order chi connectivity index (χ1) is 44.5. The number of likely N-dealkylation sites (N-methyl/N-ethyl adjacent to an activating group) is 1. The minimum absolute atomic E-state index is 0.0151. The average Bonchev–Trinajstić information content (AvgIpc) is 1.52. The number of ether oxygens (including phenoxy) is 2. The van der Waals surface area contributed by atoms with E-state index in [2.05, 4.69) is 73.6 Å². The Hall–Kier alpha value is -6.55. The van der Waals surface area contributed by atoms with Crippen molar-refractivity contribution in [2.75, 3.05) is 46.3 Å². The fraction of sp³-hybridized carbons (Fsp3) is 0.610. The molecule has 1 aliphatic heterocycles. The van der Waals surface area contributed by atoms with Gasteiger partial charge in [-0.25, -0.2) is 0 Å². The number of fused-ring (bicyclic) bond motifs is 1. The number of aromatic amines is 1. The highest BCUT2D eigenvalue weighted by Gasteiger charge is 2.39. The van der Waals surface area contributed by atoms with Crippen molar-refractivity contribution in [3.63, 3.8) is 0 Å². The Bertz CT molecular complexity index is 3220. The molecule has 16 heteroatoms. The van der Waals surface area contributed by atoms with Gasteiger partial charge in [-0.15, -0.1) is 0 Å². The molecule has 15 nitrogen and oxygen atoms in total. The SMILES string of the molecule is CC(C)(C)C(=O)C(C)(C)Oc1ccc(C(=O)c2ccc(Cl)cc2)cc1.CC(C)(C)C(=O)CC(O)C[N+](C)(C)C.CC(C)(C)N1CNc2[nH]ncc2C1=O.CC/C=C\CC(=O)C(C)(C)C.CC/C=C\CC(C)(C)C(=O)C(C)C.Cc1ccc(C)c(OCCCC(C)(C)C(=O)C(C)(C)C)c1. The molecule has 1 aromatic heterocycles. The van der Waals surface area contributed by atoms with Crippen LogP contribution in [0.3, 0.4) is 0 Å². The number of anilines is 1. The first-order valence-electron chi connectivity index (χ1n) is 34.8. The number of ketones is 6. The number of quaternary nitrogens is 1. The Balaban J connectivity index is 0.00000118. The van der Waals surface area contributed by atoms with E-state index in [0.717, 1.165) is 49.2 Å². The van der Waals surface area contributed by atoms with Gasteiger partial charge < -0.3 is 29.3 Å². The van der Waals surface area contributed by atoms with Crippen LogP contribution in [0, 0.1) is 52.3 Å². The Labute approximate surface area is 598 Å². The number of aryl methyl sites for hydroxylation is 2. The predicted molar refractivity (Wildman–Crippen MR) is 407 cm³/mol. The third-order valence-electron chi connectivity index (χ3n) is 15.8. The summed E-state index contributed by atoms with van der Waals surface area (Å²) >= 11 is 5.85. The summed E-state index contributed by atoms with van der Waals surface area (Å²) in [4.78, 5) is 85.7. The number of benzene rings is 3. The Morgan fingerprint density at radius 1 is 0.663 bits per heavy atom. The number of halogens is 1. The smallest absolute Gasteiger partial charge is 0.261 e. The summed E-state index contributed by atoms with van der Waals surface area (Å²) in [5.74, 6) is 3.43. The molecule has 0 aliphatic carbocycles. The van der Waals surface area contributed by atoms with Crippen LogP contribution in [0.25, 0.3) is 0 Å². The Kier molecular flexibility index (Phi) is 36.8. The maximum atomic E-state index is 12.5. The van der Waals surface area contributed by atoms with E-state index in [-0.39, 0.29) is 68.2 Å². The van der Waals surface area contributed by atoms with E-state index in [4.69, 9.17) is 21.1 Å². The first kappa shape index (κ1) is 91.4. The van der Waals surface area contributed by atoms with Crippen molar-refractivity contribution < 1.29 is 52.6 Å². The Morgan fingerprint density at radius 3 is 1.62 bits per heavy atom. The van der Waals surface area contributed by atoms with Gasteiger partial charge in [-0.3, -0.25) is 38.7 Å². The molecule has 1 amide bonds. The van der Waals surface area contributed by atoms with Crippen LogP contribution in [0.5, 0.6) is 11.5 Å². The molecule has 98 heavy (non-hydrogen) atoms. The second-order valence-electron chi connectivity index (χ2n) is 33.9. The number of carbonyl (C=O) groups is 7. The topological polar surface area (TPSA) is 202 Å². The molecule has 0 saturated carbocycles. The number of aliphatic hydroxyl groups excluding tert-OH is 1. The summed E-state index contributed by atoms with van der Waals surface area (Å²) in [7, 11) is 6.01. The molecule has 0 radical (unpaired) electrons. The highest BCUT2D eigenvalue weighted by atomic mass is 35.5. The van der Waals surface area contributed by atoms with Crippen LogP contribution in [0.1, 0.15) is 255 Å². The number of rotatable bonds is 23. The van der Waals surface area contributed by atoms with Crippen LogP contribution in [0.2, 0.25) is 5.02 Å².